The van der Waals surface area contributed by atoms with E-state index in [2.05, 4.69) is 15.3 Å². The number of aromatic nitrogens is 2. The monoisotopic (exact) mass is 469 g/mol. The van der Waals surface area contributed by atoms with Gasteiger partial charge in [0, 0.05) is 23.5 Å². The molecule has 1 aliphatic heterocycles. The van der Waals surface area contributed by atoms with Crippen LogP contribution in [0.2, 0.25) is 10.0 Å². The van der Waals surface area contributed by atoms with E-state index < -0.39 is 15.7 Å². The number of hydrogen-bond acceptors (Lipinski definition) is 7. The smallest absolute Gasteiger partial charge is 0.284 e. The standard InChI is InChI=1S/C17H9Cl2N3O3S3/c18-11-6-20-7-12(19)15(11)26-14-8-21-17(27-14)16(23)22-10-2-1-9-3-4-28(24,25)13(9)5-10/h1-8H,(H,22,23). The summed E-state index contributed by atoms with van der Waals surface area (Å²) >= 11 is 14.7. The van der Waals surface area contributed by atoms with Crippen LogP contribution in [0.4, 0.5) is 5.69 Å². The van der Waals surface area contributed by atoms with E-state index in [1.807, 2.05) is 0 Å². The lowest BCUT2D eigenvalue weighted by molar-refractivity contribution is 0.102. The minimum atomic E-state index is -3.45. The number of benzene rings is 1. The van der Waals surface area contributed by atoms with Crippen LogP contribution in [0.15, 0.2) is 56.2 Å². The second-order valence-electron chi connectivity index (χ2n) is 5.57. The molecule has 0 saturated heterocycles. The second-order valence-corrected chi connectivity index (χ2v) is 10.5. The van der Waals surface area contributed by atoms with E-state index in [-0.39, 0.29) is 9.90 Å². The predicted octanol–water partition coefficient (Wildman–Crippen LogP) is 5.01. The van der Waals surface area contributed by atoms with Crippen molar-refractivity contribution in [1.82, 2.24) is 9.97 Å². The molecule has 142 valence electrons. The molecule has 0 radical (unpaired) electrons. The molecule has 6 nitrogen and oxygen atoms in total. The van der Waals surface area contributed by atoms with Crippen LogP contribution in [0.25, 0.3) is 6.08 Å². The molecule has 0 fully saturated rings. The summed E-state index contributed by atoms with van der Waals surface area (Å²) in [4.78, 5) is 21.3. The third-order valence-electron chi connectivity index (χ3n) is 3.70. The van der Waals surface area contributed by atoms with Gasteiger partial charge in [0.15, 0.2) is 5.01 Å². The largest absolute Gasteiger partial charge is 0.320 e. The summed E-state index contributed by atoms with van der Waals surface area (Å²) in [6, 6.07) is 4.71. The molecular formula is C17H9Cl2N3O3S3. The number of carbonyl (C=O) groups excluding carboxylic acids is 1. The lowest BCUT2D eigenvalue weighted by Crippen LogP contribution is -2.11. The fourth-order valence-electron chi connectivity index (χ4n) is 2.43. The number of rotatable bonds is 4. The lowest BCUT2D eigenvalue weighted by Gasteiger charge is -2.05. The highest BCUT2D eigenvalue weighted by Gasteiger charge is 2.22. The Morgan fingerprint density at radius 3 is 2.64 bits per heavy atom. The van der Waals surface area contributed by atoms with E-state index in [1.165, 1.54) is 47.6 Å². The first-order valence-electron chi connectivity index (χ1n) is 7.65. The van der Waals surface area contributed by atoms with Crippen molar-refractivity contribution in [3.63, 3.8) is 0 Å². The highest BCUT2D eigenvalue weighted by Crippen LogP contribution is 2.40. The first-order valence-corrected chi connectivity index (χ1v) is 11.6. The molecule has 0 atom stereocenters. The summed E-state index contributed by atoms with van der Waals surface area (Å²) in [6.45, 7) is 0. The van der Waals surface area contributed by atoms with Gasteiger partial charge in [-0.15, -0.1) is 11.3 Å². The Morgan fingerprint density at radius 1 is 1.14 bits per heavy atom. The molecule has 11 heteroatoms. The van der Waals surface area contributed by atoms with Crippen molar-refractivity contribution < 1.29 is 13.2 Å². The van der Waals surface area contributed by atoms with Gasteiger partial charge in [-0.1, -0.05) is 41.0 Å². The average Bonchev–Trinajstić information content (AvgIpc) is 3.23. The van der Waals surface area contributed by atoms with Gasteiger partial charge in [-0.05, 0) is 23.8 Å². The fraction of sp³-hybridized carbons (Fsp3) is 0. The number of anilines is 1. The molecule has 0 saturated carbocycles. The maximum Gasteiger partial charge on any atom is 0.284 e. The zero-order chi connectivity index (χ0) is 19.9. The van der Waals surface area contributed by atoms with Crippen molar-refractivity contribution in [1.29, 1.82) is 0 Å². The quantitative estimate of drug-likeness (QED) is 0.577. The van der Waals surface area contributed by atoms with Gasteiger partial charge >= 0.3 is 0 Å². The van der Waals surface area contributed by atoms with Crippen molar-refractivity contribution in [2.75, 3.05) is 5.32 Å². The molecule has 4 rings (SSSR count). The van der Waals surface area contributed by atoms with Crippen LogP contribution in [0, 0.1) is 0 Å². The molecule has 1 aromatic carbocycles. The molecule has 0 bridgehead atoms. The summed E-state index contributed by atoms with van der Waals surface area (Å²) in [5, 5.41) is 4.85. The van der Waals surface area contributed by atoms with Crippen LogP contribution in [0.1, 0.15) is 15.4 Å². The lowest BCUT2D eigenvalue weighted by atomic mass is 10.2. The van der Waals surface area contributed by atoms with Gasteiger partial charge in [-0.2, -0.15) is 0 Å². The highest BCUT2D eigenvalue weighted by molar-refractivity contribution is 8.01. The summed E-state index contributed by atoms with van der Waals surface area (Å²) in [5.41, 5.74) is 0.970. The molecule has 1 aliphatic rings. The van der Waals surface area contributed by atoms with E-state index in [1.54, 1.807) is 18.3 Å². The summed E-state index contributed by atoms with van der Waals surface area (Å²) in [7, 11) is -3.45. The summed E-state index contributed by atoms with van der Waals surface area (Å²) in [5.74, 6) is -0.438. The van der Waals surface area contributed by atoms with Crippen molar-refractivity contribution in [2.45, 2.75) is 14.0 Å². The predicted molar refractivity (Wildman–Crippen MR) is 111 cm³/mol. The zero-order valence-electron chi connectivity index (χ0n) is 13.7. The zero-order valence-corrected chi connectivity index (χ0v) is 17.7. The van der Waals surface area contributed by atoms with Crippen LogP contribution in [0.3, 0.4) is 0 Å². The SMILES string of the molecule is O=C(Nc1ccc2c(c1)S(=O)(=O)C=C2)c1ncc(Sc2c(Cl)cncc2Cl)s1. The van der Waals surface area contributed by atoms with Crippen molar-refractivity contribution >= 4 is 73.8 Å². The molecule has 3 aromatic rings. The number of thiazole rings is 1. The third-order valence-corrected chi connectivity index (χ3v) is 8.20. The highest BCUT2D eigenvalue weighted by atomic mass is 35.5. The minimum Gasteiger partial charge on any atom is -0.320 e. The second kappa shape index (κ2) is 7.49. The molecule has 2 aromatic heterocycles. The number of halogens is 2. The Morgan fingerprint density at radius 2 is 1.89 bits per heavy atom. The average molecular weight is 470 g/mol. The van der Waals surface area contributed by atoms with E-state index in [0.717, 1.165) is 9.62 Å². The minimum absolute atomic E-state index is 0.169. The van der Waals surface area contributed by atoms with E-state index in [9.17, 15) is 13.2 Å². The summed E-state index contributed by atoms with van der Waals surface area (Å²) in [6.07, 6.45) is 6.05. The van der Waals surface area contributed by atoms with Crippen LogP contribution in [0.5, 0.6) is 0 Å². The van der Waals surface area contributed by atoms with Crippen LogP contribution in [-0.2, 0) is 9.84 Å². The topological polar surface area (TPSA) is 89.0 Å². The molecule has 28 heavy (non-hydrogen) atoms. The third kappa shape index (κ3) is 3.81. The van der Waals surface area contributed by atoms with Crippen molar-refractivity contribution in [2.24, 2.45) is 0 Å². The molecule has 3 heterocycles. The van der Waals surface area contributed by atoms with Gasteiger partial charge < -0.3 is 5.32 Å². The Labute approximate surface area is 178 Å². The number of nitrogens with one attached hydrogen (secondary N) is 1. The number of hydrogen-bond donors (Lipinski definition) is 1. The van der Waals surface area contributed by atoms with Gasteiger partial charge in [0.05, 0.1) is 30.2 Å². The first-order chi connectivity index (χ1) is 13.3. The number of nitrogens with zero attached hydrogens (tertiary/aromatic N) is 2. The molecule has 0 aliphatic carbocycles. The van der Waals surface area contributed by atoms with Crippen LogP contribution in [-0.4, -0.2) is 24.3 Å². The van der Waals surface area contributed by atoms with Crippen molar-refractivity contribution in [3.8, 4) is 0 Å². The Hall–Kier alpha value is -1.91. The van der Waals surface area contributed by atoms with Crippen LogP contribution >= 0.6 is 46.3 Å². The van der Waals surface area contributed by atoms with E-state index in [4.69, 9.17) is 23.2 Å². The molecule has 1 N–H and O–H groups in total. The van der Waals surface area contributed by atoms with Gasteiger partial charge in [-0.3, -0.25) is 9.78 Å². The number of fused-ring (bicyclic) bond motifs is 1. The molecular weight excluding hydrogens is 461 g/mol. The maximum atomic E-state index is 12.5. The Kier molecular flexibility index (Phi) is 5.19. The number of carbonyl (C=O) groups is 1. The van der Waals surface area contributed by atoms with E-state index >= 15 is 0 Å². The van der Waals surface area contributed by atoms with Gasteiger partial charge in [0.25, 0.3) is 5.91 Å². The van der Waals surface area contributed by atoms with Crippen LogP contribution < -0.4 is 5.32 Å². The molecule has 1 amide bonds. The summed E-state index contributed by atoms with van der Waals surface area (Å²) < 4.78 is 24.6. The Bertz CT molecular complexity index is 1220. The number of amides is 1. The van der Waals surface area contributed by atoms with E-state index in [0.29, 0.717) is 26.2 Å². The fourth-order valence-corrected chi connectivity index (χ4v) is 6.06. The first kappa shape index (κ1) is 19.4. The molecule has 0 spiro atoms. The Balaban J connectivity index is 1.52. The van der Waals surface area contributed by atoms with Gasteiger partial charge in [-0.25, -0.2) is 13.4 Å². The van der Waals surface area contributed by atoms with Crippen molar-refractivity contribution in [3.05, 3.63) is 62.8 Å². The van der Waals surface area contributed by atoms with Gasteiger partial charge in [0.1, 0.15) is 0 Å². The van der Waals surface area contributed by atoms with Gasteiger partial charge in [0.2, 0.25) is 9.84 Å². The normalized spacial score (nSPS) is 14.1. The molecule has 0 unspecified atom stereocenters. The maximum absolute atomic E-state index is 12.5. The number of pyridine rings is 1. The number of sulfone groups is 1.